The van der Waals surface area contributed by atoms with Crippen LogP contribution in [-0.2, 0) is 4.79 Å². The van der Waals surface area contributed by atoms with Gasteiger partial charge in [-0.2, -0.15) is 0 Å². The van der Waals surface area contributed by atoms with Gasteiger partial charge in [-0.15, -0.1) is 10.2 Å². The number of halogens is 1. The number of nitrogen functional groups attached to an aromatic ring is 1. The van der Waals surface area contributed by atoms with Crippen LogP contribution >= 0.6 is 11.8 Å². The highest BCUT2D eigenvalue weighted by atomic mass is 32.2. The van der Waals surface area contributed by atoms with Gasteiger partial charge < -0.3 is 11.1 Å². The smallest absolute Gasteiger partial charge is 0.247 e. The first-order chi connectivity index (χ1) is 9.52. The van der Waals surface area contributed by atoms with Gasteiger partial charge in [-0.05, 0) is 37.4 Å². The number of hydrogen-bond donors (Lipinski definition) is 2. The van der Waals surface area contributed by atoms with E-state index in [0.717, 1.165) is 0 Å². The molecule has 0 bridgehead atoms. The molecule has 106 valence electrons. The third kappa shape index (κ3) is 2.90. The third-order valence-electron chi connectivity index (χ3n) is 2.75. The normalized spacial score (nSPS) is 12.2. The maximum Gasteiger partial charge on any atom is 0.247 e. The van der Waals surface area contributed by atoms with Crippen LogP contribution in [0.3, 0.4) is 0 Å². The standard InChI is InChI=1S/C12H14FN5OS/c1-7(18-11(14)16-17-12(18)20-2)10(19)15-9-5-3-8(13)4-6-9/h3-7H,1-2H3,(H2,14,16)(H,15,19)/t7-/m1/s1. The molecule has 0 aliphatic carbocycles. The second kappa shape index (κ2) is 5.91. The van der Waals surface area contributed by atoms with Gasteiger partial charge in [0.15, 0.2) is 5.16 Å². The molecular weight excluding hydrogens is 281 g/mol. The van der Waals surface area contributed by atoms with Gasteiger partial charge in [0.05, 0.1) is 0 Å². The van der Waals surface area contributed by atoms with Crippen LogP contribution in [0.5, 0.6) is 0 Å². The van der Waals surface area contributed by atoms with Gasteiger partial charge >= 0.3 is 0 Å². The number of benzene rings is 1. The highest BCUT2D eigenvalue weighted by Gasteiger charge is 2.21. The minimum atomic E-state index is -0.572. The van der Waals surface area contributed by atoms with Crippen LogP contribution in [0.1, 0.15) is 13.0 Å². The van der Waals surface area contributed by atoms with Crippen molar-refractivity contribution < 1.29 is 9.18 Å². The molecule has 1 heterocycles. The van der Waals surface area contributed by atoms with E-state index in [0.29, 0.717) is 10.8 Å². The Morgan fingerprint density at radius 3 is 2.65 bits per heavy atom. The molecule has 0 saturated heterocycles. The molecule has 0 radical (unpaired) electrons. The second-order valence-corrected chi connectivity index (χ2v) is 4.86. The number of thioether (sulfide) groups is 1. The Morgan fingerprint density at radius 1 is 1.40 bits per heavy atom. The zero-order valence-corrected chi connectivity index (χ0v) is 11.8. The molecule has 3 N–H and O–H groups in total. The van der Waals surface area contributed by atoms with E-state index >= 15 is 0 Å². The highest BCUT2D eigenvalue weighted by molar-refractivity contribution is 7.98. The molecule has 1 aromatic heterocycles. The fraction of sp³-hybridized carbons (Fsp3) is 0.250. The lowest BCUT2D eigenvalue weighted by Gasteiger charge is -2.15. The average Bonchev–Trinajstić information content (AvgIpc) is 2.81. The Labute approximate surface area is 119 Å². The van der Waals surface area contributed by atoms with Crippen LogP contribution in [0.2, 0.25) is 0 Å². The number of nitrogens with two attached hydrogens (primary N) is 1. The summed E-state index contributed by atoms with van der Waals surface area (Å²) in [7, 11) is 0. The van der Waals surface area contributed by atoms with Crippen LogP contribution in [0, 0.1) is 5.82 Å². The van der Waals surface area contributed by atoms with Crippen LogP contribution in [0.25, 0.3) is 0 Å². The number of hydrogen-bond acceptors (Lipinski definition) is 5. The Balaban J connectivity index is 2.16. The largest absolute Gasteiger partial charge is 0.368 e. The fourth-order valence-corrected chi connectivity index (χ4v) is 2.26. The number of carbonyl (C=O) groups excluding carboxylic acids is 1. The Hall–Kier alpha value is -2.09. The van der Waals surface area contributed by atoms with Crippen molar-refractivity contribution in [1.29, 1.82) is 0 Å². The quantitative estimate of drug-likeness (QED) is 0.842. The first kappa shape index (κ1) is 14.3. The van der Waals surface area contributed by atoms with Gasteiger partial charge in [-0.1, -0.05) is 11.8 Å². The Kier molecular flexibility index (Phi) is 4.23. The topological polar surface area (TPSA) is 85.8 Å². The zero-order valence-electron chi connectivity index (χ0n) is 11.0. The molecule has 1 amide bonds. The minimum Gasteiger partial charge on any atom is -0.368 e. The van der Waals surface area contributed by atoms with Gasteiger partial charge in [-0.25, -0.2) is 4.39 Å². The molecular formula is C12H14FN5OS. The van der Waals surface area contributed by atoms with E-state index in [2.05, 4.69) is 15.5 Å². The van der Waals surface area contributed by atoms with E-state index in [4.69, 9.17) is 5.73 Å². The molecule has 0 spiro atoms. The van der Waals surface area contributed by atoms with Crippen LogP contribution in [0.15, 0.2) is 29.4 Å². The monoisotopic (exact) mass is 295 g/mol. The zero-order chi connectivity index (χ0) is 14.7. The van der Waals surface area contributed by atoms with E-state index in [1.54, 1.807) is 11.5 Å². The number of nitrogens with one attached hydrogen (secondary N) is 1. The molecule has 20 heavy (non-hydrogen) atoms. The van der Waals surface area contributed by atoms with Gasteiger partial charge in [0.1, 0.15) is 11.9 Å². The molecule has 1 aromatic carbocycles. The summed E-state index contributed by atoms with van der Waals surface area (Å²) < 4.78 is 14.4. The number of nitrogens with zero attached hydrogens (tertiary/aromatic N) is 3. The van der Waals surface area contributed by atoms with Crippen molar-refractivity contribution in [2.75, 3.05) is 17.3 Å². The summed E-state index contributed by atoms with van der Waals surface area (Å²) in [5.41, 5.74) is 6.23. The summed E-state index contributed by atoms with van der Waals surface area (Å²) in [5.74, 6) is -0.460. The molecule has 0 aliphatic rings. The molecule has 0 fully saturated rings. The molecule has 2 aromatic rings. The summed E-state index contributed by atoms with van der Waals surface area (Å²) in [6.07, 6.45) is 1.82. The number of anilines is 2. The van der Waals surface area contributed by atoms with E-state index < -0.39 is 6.04 Å². The second-order valence-electron chi connectivity index (χ2n) is 4.09. The molecule has 0 saturated carbocycles. The third-order valence-corrected chi connectivity index (χ3v) is 3.40. The first-order valence-corrected chi connectivity index (χ1v) is 7.06. The van der Waals surface area contributed by atoms with Crippen molar-refractivity contribution in [2.24, 2.45) is 0 Å². The van der Waals surface area contributed by atoms with Gasteiger partial charge in [-0.3, -0.25) is 9.36 Å². The van der Waals surface area contributed by atoms with Crippen molar-refractivity contribution in [3.63, 3.8) is 0 Å². The van der Waals surface area contributed by atoms with E-state index in [1.165, 1.54) is 36.0 Å². The Bertz CT molecular complexity index is 613. The van der Waals surface area contributed by atoms with Gasteiger partial charge in [0.25, 0.3) is 0 Å². The minimum absolute atomic E-state index is 0.177. The predicted molar refractivity (Wildman–Crippen MR) is 76.0 cm³/mol. The van der Waals surface area contributed by atoms with Crippen molar-refractivity contribution in [3.8, 4) is 0 Å². The van der Waals surface area contributed by atoms with E-state index in [-0.39, 0.29) is 17.7 Å². The maximum atomic E-state index is 12.8. The number of amides is 1. The Morgan fingerprint density at radius 2 is 2.05 bits per heavy atom. The van der Waals surface area contributed by atoms with Crippen molar-refractivity contribution in [2.45, 2.75) is 18.1 Å². The molecule has 0 unspecified atom stereocenters. The van der Waals surface area contributed by atoms with Crippen LogP contribution in [0.4, 0.5) is 16.0 Å². The SMILES string of the molecule is CSc1nnc(N)n1[C@H](C)C(=O)Nc1ccc(F)cc1. The lowest BCUT2D eigenvalue weighted by molar-refractivity contribution is -0.118. The average molecular weight is 295 g/mol. The predicted octanol–water partition coefficient (Wildman–Crippen LogP) is 1.92. The summed E-state index contributed by atoms with van der Waals surface area (Å²) in [6, 6.07) is 4.97. The summed E-state index contributed by atoms with van der Waals surface area (Å²) in [4.78, 5) is 12.2. The molecule has 1 atom stereocenters. The number of carbonyl (C=O) groups is 1. The fourth-order valence-electron chi connectivity index (χ4n) is 1.69. The number of rotatable bonds is 4. The summed E-state index contributed by atoms with van der Waals surface area (Å²) in [5, 5.41) is 10.9. The lowest BCUT2D eigenvalue weighted by Crippen LogP contribution is -2.25. The lowest BCUT2D eigenvalue weighted by atomic mass is 10.2. The first-order valence-electron chi connectivity index (χ1n) is 5.83. The van der Waals surface area contributed by atoms with Gasteiger partial charge in [0, 0.05) is 5.69 Å². The van der Waals surface area contributed by atoms with E-state index in [9.17, 15) is 9.18 Å². The maximum absolute atomic E-state index is 12.8. The van der Waals surface area contributed by atoms with E-state index in [1.807, 2.05) is 6.26 Å². The van der Waals surface area contributed by atoms with Crippen molar-refractivity contribution in [1.82, 2.24) is 14.8 Å². The summed E-state index contributed by atoms with van der Waals surface area (Å²) in [6.45, 7) is 1.69. The summed E-state index contributed by atoms with van der Waals surface area (Å²) >= 11 is 1.35. The molecule has 6 nitrogen and oxygen atoms in total. The molecule has 0 aliphatic heterocycles. The molecule has 8 heteroatoms. The van der Waals surface area contributed by atoms with Gasteiger partial charge in [0.2, 0.25) is 11.9 Å². The van der Waals surface area contributed by atoms with Crippen LogP contribution < -0.4 is 11.1 Å². The highest BCUT2D eigenvalue weighted by Crippen LogP contribution is 2.22. The van der Waals surface area contributed by atoms with Crippen molar-refractivity contribution in [3.05, 3.63) is 30.1 Å². The molecule has 2 rings (SSSR count). The van der Waals surface area contributed by atoms with Crippen LogP contribution in [-0.4, -0.2) is 26.9 Å². The number of aromatic nitrogens is 3. The van der Waals surface area contributed by atoms with Crippen molar-refractivity contribution >= 4 is 29.3 Å².